The van der Waals surface area contributed by atoms with Gasteiger partial charge >= 0.3 is 0 Å². The molecule has 1 aliphatic carbocycles. The van der Waals surface area contributed by atoms with E-state index in [1.807, 2.05) is 12.1 Å². The van der Waals surface area contributed by atoms with Crippen LogP contribution in [0.4, 0.5) is 0 Å². The summed E-state index contributed by atoms with van der Waals surface area (Å²) in [6.07, 6.45) is 12.8. The van der Waals surface area contributed by atoms with Crippen LogP contribution in [0.2, 0.25) is 0 Å². The third-order valence-electron chi connectivity index (χ3n) is 2.05. The molecule has 1 aromatic rings. The number of hydrogen-bond donors (Lipinski definition) is 0. The molecule has 1 aliphatic rings. The Morgan fingerprint density at radius 2 is 2.31 bits per heavy atom. The average Bonchev–Trinajstić information content (AvgIpc) is 2.20. The first kappa shape index (κ1) is 7.92. The van der Waals surface area contributed by atoms with Gasteiger partial charge in [0.25, 0.3) is 6.33 Å². The van der Waals surface area contributed by atoms with Gasteiger partial charge in [0.15, 0.2) is 0 Å². The van der Waals surface area contributed by atoms with Crippen molar-refractivity contribution in [2.75, 3.05) is 0 Å². The second-order valence-corrected chi connectivity index (χ2v) is 2.95. The maximum atomic E-state index is 3.98. The van der Waals surface area contributed by atoms with Gasteiger partial charge in [-0.3, -0.25) is 0 Å². The molecule has 0 amide bonds. The summed E-state index contributed by atoms with van der Waals surface area (Å²) in [5.74, 6) is 0. The standard InChI is InChI=1S/C11H11N2/c1-13-9-12-8-7-11(13)10-5-3-2-4-6-10/h2-5,7-9H,1,6H2/q+1. The van der Waals surface area contributed by atoms with Crippen molar-refractivity contribution in [2.45, 2.75) is 6.42 Å². The summed E-state index contributed by atoms with van der Waals surface area (Å²) in [6, 6.07) is 1.98. The number of hydrogen-bond acceptors (Lipinski definition) is 1. The Hall–Kier alpha value is -1.70. The van der Waals surface area contributed by atoms with Crippen molar-refractivity contribution in [1.29, 1.82) is 0 Å². The maximum Gasteiger partial charge on any atom is 0.290 e. The Kier molecular flexibility index (Phi) is 2.04. The average molecular weight is 171 g/mol. The van der Waals surface area contributed by atoms with E-state index in [1.165, 1.54) is 5.57 Å². The van der Waals surface area contributed by atoms with E-state index in [2.05, 4.69) is 29.9 Å². The van der Waals surface area contributed by atoms with Crippen molar-refractivity contribution in [3.63, 3.8) is 0 Å². The monoisotopic (exact) mass is 171 g/mol. The topological polar surface area (TPSA) is 18.8 Å². The quantitative estimate of drug-likeness (QED) is 0.525. The Morgan fingerprint density at radius 1 is 1.38 bits per heavy atom. The minimum absolute atomic E-state index is 0.968. The van der Waals surface area contributed by atoms with Gasteiger partial charge in [-0.05, 0) is 6.42 Å². The molecule has 2 nitrogen and oxygen atoms in total. The summed E-state index contributed by atoms with van der Waals surface area (Å²) in [7, 11) is 0. The highest BCUT2D eigenvalue weighted by Gasteiger charge is 1.99. The van der Waals surface area contributed by atoms with Crippen LogP contribution in [0.1, 0.15) is 6.42 Å². The molecule has 13 heavy (non-hydrogen) atoms. The van der Waals surface area contributed by atoms with Crippen molar-refractivity contribution >= 4 is 5.57 Å². The van der Waals surface area contributed by atoms with Crippen molar-refractivity contribution in [2.24, 2.45) is 0 Å². The van der Waals surface area contributed by atoms with Crippen LogP contribution in [-0.4, -0.2) is 4.98 Å². The molecule has 2 heteroatoms. The maximum absolute atomic E-state index is 3.98. The molecule has 0 aliphatic heterocycles. The zero-order valence-corrected chi connectivity index (χ0v) is 7.35. The molecule has 0 spiro atoms. The number of allylic oxidation sites excluding steroid dienone is 4. The van der Waals surface area contributed by atoms with Crippen molar-refractivity contribution in [3.8, 4) is 0 Å². The summed E-state index contributed by atoms with van der Waals surface area (Å²) in [5, 5.41) is 1.12. The Morgan fingerprint density at radius 3 is 3.00 bits per heavy atom. The first-order chi connectivity index (χ1) is 6.38. The molecule has 1 aromatic heterocycles. The van der Waals surface area contributed by atoms with Gasteiger partial charge < -0.3 is 0 Å². The third kappa shape index (κ3) is 1.56. The summed E-state index contributed by atoms with van der Waals surface area (Å²) < 4.78 is 1.79. The third-order valence-corrected chi connectivity index (χ3v) is 2.05. The molecular weight excluding hydrogens is 160 g/mol. The normalized spacial score (nSPS) is 19.1. The van der Waals surface area contributed by atoms with E-state index in [0.717, 1.165) is 11.8 Å². The molecule has 64 valence electrons. The van der Waals surface area contributed by atoms with Crippen LogP contribution in [0.15, 0.2) is 42.9 Å². The number of nitrogens with zero attached hydrogens (tertiary/aromatic N) is 2. The van der Waals surface area contributed by atoms with Crippen LogP contribution in [0, 0.1) is 6.72 Å². The summed E-state index contributed by atoms with van der Waals surface area (Å²) in [6.45, 7) is 3.87. The highest BCUT2D eigenvalue weighted by atomic mass is 14.9. The molecule has 0 saturated carbocycles. The minimum Gasteiger partial charge on any atom is -0.209 e. The zero-order chi connectivity index (χ0) is 9.10. The highest BCUT2D eigenvalue weighted by molar-refractivity contribution is 5.58. The minimum atomic E-state index is 0.968. The first-order valence-corrected chi connectivity index (χ1v) is 4.24. The predicted molar refractivity (Wildman–Crippen MR) is 51.1 cm³/mol. The summed E-state index contributed by atoms with van der Waals surface area (Å²) >= 11 is 0. The van der Waals surface area contributed by atoms with E-state index in [0.29, 0.717) is 0 Å². The Labute approximate surface area is 76.9 Å². The number of rotatable bonds is 0. The molecule has 0 N–H and O–H groups in total. The molecule has 0 saturated heterocycles. The van der Waals surface area contributed by atoms with Crippen LogP contribution >= 0.6 is 0 Å². The number of aromatic nitrogens is 2. The Bertz CT molecular complexity index is 469. The van der Waals surface area contributed by atoms with E-state index in [-0.39, 0.29) is 0 Å². The van der Waals surface area contributed by atoms with Gasteiger partial charge in [-0.25, -0.2) is 4.24 Å². The fourth-order valence-electron chi connectivity index (χ4n) is 1.39. The smallest absolute Gasteiger partial charge is 0.209 e. The SMILES string of the molecule is C=[n+]1cnccc1=C1C=CC=CC1. The van der Waals surface area contributed by atoms with Gasteiger partial charge in [-0.2, -0.15) is 0 Å². The second kappa shape index (κ2) is 3.35. The fourth-order valence-corrected chi connectivity index (χ4v) is 1.39. The van der Waals surface area contributed by atoms with Crippen molar-refractivity contribution < 1.29 is 4.24 Å². The lowest BCUT2D eigenvalue weighted by molar-refractivity contribution is -0.518. The summed E-state index contributed by atoms with van der Waals surface area (Å²) in [5.41, 5.74) is 1.28. The molecule has 0 fully saturated rings. The molecule has 0 unspecified atom stereocenters. The molecule has 1 heterocycles. The van der Waals surface area contributed by atoms with Gasteiger partial charge in [0.2, 0.25) is 0 Å². The lowest BCUT2D eigenvalue weighted by atomic mass is 10.1. The van der Waals surface area contributed by atoms with Crippen molar-refractivity contribution in [1.82, 2.24) is 4.98 Å². The highest BCUT2D eigenvalue weighted by Crippen LogP contribution is 2.07. The second-order valence-electron chi connectivity index (χ2n) is 2.95. The van der Waals surface area contributed by atoms with Crippen LogP contribution < -0.4 is 9.59 Å². The Balaban J connectivity index is 2.68. The van der Waals surface area contributed by atoms with Gasteiger partial charge in [-0.15, -0.1) is 0 Å². The van der Waals surface area contributed by atoms with Crippen LogP contribution in [-0.2, 0) is 0 Å². The van der Waals surface area contributed by atoms with Crippen LogP contribution in [0.3, 0.4) is 0 Å². The van der Waals surface area contributed by atoms with E-state index in [4.69, 9.17) is 0 Å². The molecule has 2 rings (SSSR count). The lowest BCUT2D eigenvalue weighted by Gasteiger charge is -1.98. The lowest BCUT2D eigenvalue weighted by Crippen LogP contribution is -2.36. The molecule has 0 bridgehead atoms. The molecule has 0 radical (unpaired) electrons. The van der Waals surface area contributed by atoms with E-state index < -0.39 is 0 Å². The van der Waals surface area contributed by atoms with E-state index in [1.54, 1.807) is 16.8 Å². The summed E-state index contributed by atoms with van der Waals surface area (Å²) in [4.78, 5) is 3.98. The molecule has 0 atom stereocenters. The predicted octanol–water partition coefficient (Wildman–Crippen LogP) is 0.676. The molecular formula is C11H11N2+. The van der Waals surface area contributed by atoms with E-state index >= 15 is 0 Å². The van der Waals surface area contributed by atoms with E-state index in [9.17, 15) is 0 Å². The van der Waals surface area contributed by atoms with Crippen LogP contribution in [0.5, 0.6) is 0 Å². The fraction of sp³-hybridized carbons (Fsp3) is 0.0909. The molecule has 0 aromatic carbocycles. The van der Waals surface area contributed by atoms with Gasteiger partial charge in [0.05, 0.1) is 6.72 Å². The zero-order valence-electron chi connectivity index (χ0n) is 7.35. The largest absolute Gasteiger partial charge is 0.290 e. The van der Waals surface area contributed by atoms with Gasteiger partial charge in [0, 0.05) is 11.6 Å². The first-order valence-electron chi connectivity index (χ1n) is 4.24. The van der Waals surface area contributed by atoms with Gasteiger partial charge in [0.1, 0.15) is 11.5 Å². The van der Waals surface area contributed by atoms with Crippen molar-refractivity contribution in [3.05, 3.63) is 55.0 Å². The van der Waals surface area contributed by atoms with Crippen LogP contribution in [0.25, 0.3) is 5.57 Å². The van der Waals surface area contributed by atoms with Gasteiger partial charge in [-0.1, -0.05) is 29.3 Å².